The van der Waals surface area contributed by atoms with Crippen LogP contribution in [-0.2, 0) is 0 Å². The highest BCUT2D eigenvalue weighted by Crippen LogP contribution is 2.47. The number of para-hydroxylation sites is 2. The fraction of sp³-hybridized carbons (Fsp3) is 0. The predicted molar refractivity (Wildman–Crippen MR) is 219 cm³/mol. The molecule has 0 aliphatic rings. The molecule has 0 unspecified atom stereocenters. The maximum absolute atomic E-state index is 2.47. The fourth-order valence-corrected chi connectivity index (χ4v) is 10.3. The summed E-state index contributed by atoms with van der Waals surface area (Å²) in [7, 11) is 0. The van der Waals surface area contributed by atoms with Gasteiger partial charge < -0.3 is 9.47 Å². The number of aromatic nitrogens is 1. The van der Waals surface area contributed by atoms with Gasteiger partial charge in [-0.3, -0.25) is 0 Å². The Morgan fingerprint density at radius 2 is 1.06 bits per heavy atom. The van der Waals surface area contributed by atoms with Crippen LogP contribution in [0, 0.1) is 0 Å². The molecule has 0 spiro atoms. The highest BCUT2D eigenvalue weighted by atomic mass is 32.1. The number of thiophene rings is 2. The Bertz CT molecular complexity index is 3110. The first kappa shape index (κ1) is 28.0. The zero-order chi connectivity index (χ0) is 32.8. The van der Waals surface area contributed by atoms with Crippen molar-refractivity contribution in [3.05, 3.63) is 170 Å². The summed E-state index contributed by atoms with van der Waals surface area (Å²) in [6.45, 7) is 0. The Morgan fingerprint density at radius 1 is 0.400 bits per heavy atom. The molecule has 0 aliphatic heterocycles. The van der Waals surface area contributed by atoms with E-state index in [1.807, 2.05) is 22.7 Å². The molecule has 0 saturated heterocycles. The Labute approximate surface area is 296 Å². The summed E-state index contributed by atoms with van der Waals surface area (Å²) in [4.78, 5) is 2.47. The summed E-state index contributed by atoms with van der Waals surface area (Å²) in [5, 5.41) is 10.3. The normalized spacial score (nSPS) is 12.0. The van der Waals surface area contributed by atoms with E-state index in [-0.39, 0.29) is 0 Å². The van der Waals surface area contributed by atoms with Gasteiger partial charge in [0.15, 0.2) is 0 Å². The Morgan fingerprint density at radius 3 is 1.92 bits per heavy atom. The molecule has 0 fully saturated rings. The molecule has 0 saturated carbocycles. The highest BCUT2D eigenvalue weighted by molar-refractivity contribution is 7.26. The lowest BCUT2D eigenvalue weighted by Crippen LogP contribution is -2.10. The predicted octanol–water partition coefficient (Wildman–Crippen LogP) is 14.1. The van der Waals surface area contributed by atoms with E-state index >= 15 is 0 Å². The minimum atomic E-state index is 1.13. The highest BCUT2D eigenvalue weighted by Gasteiger charge is 2.21. The third-order valence-corrected chi connectivity index (χ3v) is 12.5. The van der Waals surface area contributed by atoms with Crippen LogP contribution in [-0.4, -0.2) is 4.57 Å². The first-order chi connectivity index (χ1) is 24.8. The second kappa shape index (κ2) is 10.8. The quantitative estimate of drug-likeness (QED) is 0.181. The number of rotatable bonds is 4. The van der Waals surface area contributed by atoms with Gasteiger partial charge in [0.05, 0.1) is 21.4 Å². The van der Waals surface area contributed by atoms with E-state index in [1.54, 1.807) is 0 Å². The molecule has 4 heteroatoms. The van der Waals surface area contributed by atoms with Crippen LogP contribution in [0.3, 0.4) is 0 Å². The molecule has 0 bridgehead atoms. The second-order valence-corrected chi connectivity index (χ2v) is 15.1. The summed E-state index contributed by atoms with van der Waals surface area (Å²) in [5.41, 5.74) is 7.02. The second-order valence-electron chi connectivity index (χ2n) is 12.9. The van der Waals surface area contributed by atoms with Crippen molar-refractivity contribution < 1.29 is 0 Å². The molecular formula is C46H28N2S2. The molecule has 11 aromatic rings. The van der Waals surface area contributed by atoms with E-state index in [2.05, 4.69) is 179 Å². The van der Waals surface area contributed by atoms with Crippen LogP contribution in [0.5, 0.6) is 0 Å². The number of fused-ring (bicyclic) bond motifs is 11. The lowest BCUT2D eigenvalue weighted by atomic mass is 10.0. The molecule has 50 heavy (non-hydrogen) atoms. The zero-order valence-corrected chi connectivity index (χ0v) is 28.5. The molecule has 2 nitrogen and oxygen atoms in total. The zero-order valence-electron chi connectivity index (χ0n) is 26.9. The molecule has 0 N–H and O–H groups in total. The van der Waals surface area contributed by atoms with Gasteiger partial charge in [-0.1, -0.05) is 103 Å². The maximum Gasteiger partial charge on any atom is 0.0640 e. The van der Waals surface area contributed by atoms with Gasteiger partial charge in [0.2, 0.25) is 0 Å². The minimum Gasteiger partial charge on any atom is -0.309 e. The van der Waals surface area contributed by atoms with Crippen LogP contribution in [0.15, 0.2) is 170 Å². The van der Waals surface area contributed by atoms with Crippen molar-refractivity contribution in [2.24, 2.45) is 0 Å². The van der Waals surface area contributed by atoms with E-state index in [0.29, 0.717) is 0 Å². The van der Waals surface area contributed by atoms with Gasteiger partial charge in [0.1, 0.15) is 0 Å². The SMILES string of the molecule is c1ccc(-n2c3ccccc3c3ccc(N(c4ccc5c(ccc6sc7ccccc7c65)c4)c4cccc5c4sc4ccccc45)cc32)cc1. The number of hydrogen-bond acceptors (Lipinski definition) is 3. The van der Waals surface area contributed by atoms with Gasteiger partial charge in [-0.25, -0.2) is 0 Å². The molecule has 8 aromatic carbocycles. The number of hydrogen-bond donors (Lipinski definition) is 0. The number of anilines is 3. The van der Waals surface area contributed by atoms with Gasteiger partial charge in [-0.15, -0.1) is 22.7 Å². The van der Waals surface area contributed by atoms with E-state index < -0.39 is 0 Å². The smallest absolute Gasteiger partial charge is 0.0640 e. The van der Waals surface area contributed by atoms with Crippen molar-refractivity contribution in [3.8, 4) is 5.69 Å². The number of nitrogens with zero attached hydrogens (tertiary/aromatic N) is 2. The molecule has 0 radical (unpaired) electrons. The standard InChI is InChI=1S/C46H28N2S2/c1-2-11-30(12-3-1)48-39-17-7-4-13-34(39)35-25-23-32(28-41(35)48)47(40-18-10-16-37-36-14-5-8-19-42(36)50-46(37)40)31-22-24-33-29(27-31)21-26-44-45(33)38-15-6-9-20-43(38)49-44/h1-28H. The molecule has 3 heterocycles. The summed E-state index contributed by atoms with van der Waals surface area (Å²) in [6.07, 6.45) is 0. The maximum atomic E-state index is 2.47. The van der Waals surface area contributed by atoms with Gasteiger partial charge in [-0.2, -0.15) is 0 Å². The average Bonchev–Trinajstić information content (AvgIpc) is 3.85. The third kappa shape index (κ3) is 4.07. The van der Waals surface area contributed by atoms with Crippen molar-refractivity contribution in [2.75, 3.05) is 4.90 Å². The first-order valence-corrected chi connectivity index (χ1v) is 18.6. The molecule has 0 aliphatic carbocycles. The van der Waals surface area contributed by atoms with Gasteiger partial charge in [0, 0.05) is 63.5 Å². The van der Waals surface area contributed by atoms with Gasteiger partial charge in [0.25, 0.3) is 0 Å². The van der Waals surface area contributed by atoms with E-state index in [4.69, 9.17) is 0 Å². The summed E-state index contributed by atoms with van der Waals surface area (Å²) in [6, 6.07) is 62.4. The largest absolute Gasteiger partial charge is 0.309 e. The van der Waals surface area contributed by atoms with Gasteiger partial charge in [-0.05, 0) is 77.5 Å². The van der Waals surface area contributed by atoms with Crippen molar-refractivity contribution >= 4 is 113 Å². The van der Waals surface area contributed by atoms with Crippen LogP contribution >= 0.6 is 22.7 Å². The van der Waals surface area contributed by atoms with E-state index in [1.165, 1.54) is 78.6 Å². The topological polar surface area (TPSA) is 8.17 Å². The van der Waals surface area contributed by atoms with Crippen molar-refractivity contribution in [1.82, 2.24) is 4.57 Å². The lowest BCUT2D eigenvalue weighted by molar-refractivity contribution is 1.18. The summed E-state index contributed by atoms with van der Waals surface area (Å²) >= 11 is 3.75. The van der Waals surface area contributed by atoms with Crippen LogP contribution in [0.4, 0.5) is 17.1 Å². The average molecular weight is 673 g/mol. The Hall–Kier alpha value is -5.94. The van der Waals surface area contributed by atoms with Gasteiger partial charge >= 0.3 is 0 Å². The van der Waals surface area contributed by atoms with Crippen LogP contribution in [0.1, 0.15) is 0 Å². The fourth-order valence-electron chi connectivity index (χ4n) is 7.97. The Kier molecular flexibility index (Phi) is 6.03. The molecule has 0 amide bonds. The molecule has 0 atom stereocenters. The minimum absolute atomic E-state index is 1.13. The van der Waals surface area contributed by atoms with Crippen LogP contribution < -0.4 is 4.90 Å². The summed E-state index contributed by atoms with van der Waals surface area (Å²) in [5.74, 6) is 0. The van der Waals surface area contributed by atoms with Crippen molar-refractivity contribution in [3.63, 3.8) is 0 Å². The van der Waals surface area contributed by atoms with E-state index in [9.17, 15) is 0 Å². The van der Waals surface area contributed by atoms with Crippen molar-refractivity contribution in [1.29, 1.82) is 0 Å². The lowest BCUT2D eigenvalue weighted by Gasteiger charge is -2.27. The molecule has 11 rings (SSSR count). The summed E-state index contributed by atoms with van der Waals surface area (Å²) < 4.78 is 7.67. The Balaban J connectivity index is 1.21. The van der Waals surface area contributed by atoms with Crippen molar-refractivity contribution in [2.45, 2.75) is 0 Å². The van der Waals surface area contributed by atoms with Crippen LogP contribution in [0.2, 0.25) is 0 Å². The monoisotopic (exact) mass is 672 g/mol. The number of benzene rings is 8. The molecule has 3 aromatic heterocycles. The molecular weight excluding hydrogens is 645 g/mol. The molecule has 234 valence electrons. The third-order valence-electron chi connectivity index (χ3n) is 10.2. The first-order valence-electron chi connectivity index (χ1n) is 16.9. The van der Waals surface area contributed by atoms with Crippen LogP contribution in [0.25, 0.3) is 78.6 Å². The van der Waals surface area contributed by atoms with E-state index in [0.717, 1.165) is 17.1 Å².